The van der Waals surface area contributed by atoms with Crippen LogP contribution in [0.15, 0.2) is 30.7 Å². The molecule has 0 radical (unpaired) electrons. The summed E-state index contributed by atoms with van der Waals surface area (Å²) < 4.78 is 11.2. The minimum absolute atomic E-state index is 0.0275. The summed E-state index contributed by atoms with van der Waals surface area (Å²) in [7, 11) is 0. The molecule has 2 N–H and O–H groups in total. The molecule has 1 aromatic carbocycles. The fourth-order valence-corrected chi connectivity index (χ4v) is 2.32. The van der Waals surface area contributed by atoms with E-state index >= 15 is 0 Å². The fourth-order valence-electron chi connectivity index (χ4n) is 2.32. The second kappa shape index (κ2) is 5.62. The zero-order valence-corrected chi connectivity index (χ0v) is 12.2. The average Bonchev–Trinajstić information content (AvgIpc) is 2.52. The second-order valence-electron chi connectivity index (χ2n) is 5.71. The molecule has 3 rings (SSSR count). The molecule has 0 bridgehead atoms. The van der Waals surface area contributed by atoms with Crippen molar-refractivity contribution in [3.8, 4) is 23.1 Å². The zero-order valence-electron chi connectivity index (χ0n) is 12.2. The Morgan fingerprint density at radius 2 is 2.23 bits per heavy atom. The van der Waals surface area contributed by atoms with Crippen LogP contribution in [0.25, 0.3) is 11.3 Å². The van der Waals surface area contributed by atoms with Crippen molar-refractivity contribution in [3.63, 3.8) is 0 Å². The molecule has 112 valence electrons. The molecule has 2 heterocycles. The molecule has 1 aliphatic heterocycles. The molecular formula is C16H16N4O2. The molecule has 22 heavy (non-hydrogen) atoms. The van der Waals surface area contributed by atoms with Crippen molar-refractivity contribution < 1.29 is 9.47 Å². The highest BCUT2D eigenvalue weighted by Crippen LogP contribution is 2.38. The van der Waals surface area contributed by atoms with Crippen LogP contribution in [0.5, 0.6) is 5.75 Å². The van der Waals surface area contributed by atoms with Crippen LogP contribution < -0.4 is 10.5 Å². The van der Waals surface area contributed by atoms with Crippen LogP contribution in [0.1, 0.15) is 12.5 Å². The number of rotatable bonds is 4. The van der Waals surface area contributed by atoms with Crippen LogP contribution in [0, 0.1) is 16.7 Å². The molecule has 6 nitrogen and oxygen atoms in total. The number of anilines is 1. The lowest BCUT2D eigenvalue weighted by atomic mass is 9.90. The highest BCUT2D eigenvalue weighted by Gasteiger charge is 2.35. The van der Waals surface area contributed by atoms with E-state index in [1.54, 1.807) is 24.4 Å². The molecule has 1 fully saturated rings. The molecule has 1 aliphatic rings. The van der Waals surface area contributed by atoms with Crippen LogP contribution in [-0.2, 0) is 4.74 Å². The Balaban J connectivity index is 2.02. The number of hydrogen-bond donors (Lipinski definition) is 1. The van der Waals surface area contributed by atoms with Gasteiger partial charge >= 0.3 is 0 Å². The summed E-state index contributed by atoms with van der Waals surface area (Å²) in [5, 5.41) is 9.35. The molecule has 0 unspecified atom stereocenters. The van der Waals surface area contributed by atoms with E-state index in [-0.39, 0.29) is 5.41 Å². The lowest BCUT2D eigenvalue weighted by Gasteiger charge is -2.37. The van der Waals surface area contributed by atoms with Crippen LogP contribution >= 0.6 is 0 Å². The van der Waals surface area contributed by atoms with Crippen molar-refractivity contribution in [2.24, 2.45) is 5.41 Å². The fraction of sp³-hybridized carbons (Fsp3) is 0.312. The van der Waals surface area contributed by atoms with Gasteiger partial charge in [-0.1, -0.05) is 6.92 Å². The molecule has 2 aromatic rings. The molecule has 0 spiro atoms. The van der Waals surface area contributed by atoms with Gasteiger partial charge in [0.2, 0.25) is 0 Å². The summed E-state index contributed by atoms with van der Waals surface area (Å²) in [6, 6.07) is 7.25. The van der Waals surface area contributed by atoms with E-state index in [1.807, 2.05) is 0 Å². The summed E-state index contributed by atoms with van der Waals surface area (Å²) in [4.78, 5) is 8.13. The first kappa shape index (κ1) is 14.3. The summed E-state index contributed by atoms with van der Waals surface area (Å²) in [6.45, 7) is 3.85. The van der Waals surface area contributed by atoms with Gasteiger partial charge < -0.3 is 15.2 Å². The quantitative estimate of drug-likeness (QED) is 0.867. The van der Waals surface area contributed by atoms with Gasteiger partial charge in [-0.15, -0.1) is 0 Å². The second-order valence-corrected chi connectivity index (χ2v) is 5.71. The Hall–Kier alpha value is -2.65. The first-order chi connectivity index (χ1) is 10.6. The van der Waals surface area contributed by atoms with Crippen LogP contribution in [0.3, 0.4) is 0 Å². The van der Waals surface area contributed by atoms with Crippen LogP contribution in [0.2, 0.25) is 0 Å². The third kappa shape index (κ3) is 2.59. The number of ether oxygens (including phenoxy) is 2. The van der Waals surface area contributed by atoms with Gasteiger partial charge in [0.05, 0.1) is 36.6 Å². The molecule has 0 amide bonds. The van der Waals surface area contributed by atoms with E-state index in [1.165, 1.54) is 6.33 Å². The van der Waals surface area contributed by atoms with E-state index in [9.17, 15) is 5.26 Å². The van der Waals surface area contributed by atoms with Crippen molar-refractivity contribution in [1.82, 2.24) is 9.97 Å². The van der Waals surface area contributed by atoms with Gasteiger partial charge in [0.1, 0.15) is 18.1 Å². The Bertz CT molecular complexity index is 721. The topological polar surface area (TPSA) is 94.0 Å². The summed E-state index contributed by atoms with van der Waals surface area (Å²) in [5.74, 6) is 0.467. The van der Waals surface area contributed by atoms with Crippen molar-refractivity contribution in [3.05, 3.63) is 36.3 Å². The predicted molar refractivity (Wildman–Crippen MR) is 81.0 cm³/mol. The SMILES string of the molecule is CC1(COc2c(C#N)ccc(N)c2-c2ccncn2)COC1. The maximum atomic E-state index is 9.35. The van der Waals surface area contributed by atoms with E-state index in [2.05, 4.69) is 23.0 Å². The van der Waals surface area contributed by atoms with Gasteiger partial charge in [-0.05, 0) is 18.2 Å². The third-order valence-corrected chi connectivity index (χ3v) is 3.61. The predicted octanol–water partition coefficient (Wildman–Crippen LogP) is 2.01. The van der Waals surface area contributed by atoms with Gasteiger partial charge in [0.25, 0.3) is 0 Å². The van der Waals surface area contributed by atoms with Crippen molar-refractivity contribution in [2.75, 3.05) is 25.6 Å². The minimum Gasteiger partial charge on any atom is -0.491 e. The number of benzene rings is 1. The monoisotopic (exact) mass is 296 g/mol. The Kier molecular flexibility index (Phi) is 3.65. The van der Waals surface area contributed by atoms with Gasteiger partial charge in [0.15, 0.2) is 0 Å². The highest BCUT2D eigenvalue weighted by molar-refractivity contribution is 5.82. The Morgan fingerprint density at radius 3 is 2.82 bits per heavy atom. The van der Waals surface area contributed by atoms with E-state index in [4.69, 9.17) is 15.2 Å². The molecule has 6 heteroatoms. The molecule has 0 aliphatic carbocycles. The number of aromatic nitrogens is 2. The van der Waals surface area contributed by atoms with Gasteiger partial charge in [-0.2, -0.15) is 5.26 Å². The van der Waals surface area contributed by atoms with Gasteiger partial charge in [-0.3, -0.25) is 0 Å². The lowest BCUT2D eigenvalue weighted by Crippen LogP contribution is -2.44. The smallest absolute Gasteiger partial charge is 0.148 e. The van der Waals surface area contributed by atoms with Crippen LogP contribution in [-0.4, -0.2) is 29.8 Å². The summed E-state index contributed by atoms with van der Waals surface area (Å²) >= 11 is 0. The van der Waals surface area contributed by atoms with Crippen molar-refractivity contribution in [1.29, 1.82) is 5.26 Å². The number of hydrogen-bond acceptors (Lipinski definition) is 6. The maximum absolute atomic E-state index is 9.35. The van der Waals surface area contributed by atoms with Gasteiger partial charge in [-0.25, -0.2) is 9.97 Å². The van der Waals surface area contributed by atoms with E-state index in [0.717, 1.165) is 0 Å². The first-order valence-corrected chi connectivity index (χ1v) is 6.92. The molecule has 1 aromatic heterocycles. The normalized spacial score (nSPS) is 15.6. The standard InChI is InChI=1S/C16H16N4O2/c1-16(7-21-8-16)9-22-15-11(6-17)2-3-12(18)14(15)13-4-5-19-10-20-13/h2-5,10H,7-9,18H2,1H3. The number of nitrogens with zero attached hydrogens (tertiary/aromatic N) is 3. The maximum Gasteiger partial charge on any atom is 0.148 e. The molecule has 0 saturated carbocycles. The Morgan fingerprint density at radius 1 is 1.41 bits per heavy atom. The van der Waals surface area contributed by atoms with Crippen molar-refractivity contribution >= 4 is 5.69 Å². The molecule has 0 atom stereocenters. The number of nitrogens with two attached hydrogens (primary N) is 1. The third-order valence-electron chi connectivity index (χ3n) is 3.61. The Labute approximate surface area is 128 Å². The first-order valence-electron chi connectivity index (χ1n) is 6.92. The lowest BCUT2D eigenvalue weighted by molar-refractivity contribution is -0.120. The number of nitrogen functional groups attached to an aromatic ring is 1. The summed E-state index contributed by atoms with van der Waals surface area (Å²) in [5.41, 5.74) is 8.28. The zero-order chi connectivity index (χ0) is 15.6. The minimum atomic E-state index is -0.0275. The molecule has 1 saturated heterocycles. The number of nitriles is 1. The largest absolute Gasteiger partial charge is 0.491 e. The summed E-state index contributed by atoms with van der Waals surface area (Å²) in [6.07, 6.45) is 3.07. The average molecular weight is 296 g/mol. The van der Waals surface area contributed by atoms with E-state index < -0.39 is 0 Å². The molecular weight excluding hydrogens is 280 g/mol. The van der Waals surface area contributed by atoms with Gasteiger partial charge in [0, 0.05) is 17.3 Å². The van der Waals surface area contributed by atoms with E-state index in [0.29, 0.717) is 48.1 Å². The van der Waals surface area contributed by atoms with Crippen molar-refractivity contribution in [2.45, 2.75) is 6.92 Å². The van der Waals surface area contributed by atoms with Crippen LogP contribution in [0.4, 0.5) is 5.69 Å². The highest BCUT2D eigenvalue weighted by atomic mass is 16.5.